The van der Waals surface area contributed by atoms with E-state index in [1.807, 2.05) is 24.3 Å². The Bertz CT molecular complexity index is 2320. The number of aromatic nitrogens is 2. The molecule has 0 bridgehead atoms. The third-order valence-electron chi connectivity index (χ3n) is 9.98. The number of fused-ring (bicyclic) bond motifs is 4. The van der Waals surface area contributed by atoms with Crippen molar-refractivity contribution in [3.63, 3.8) is 0 Å². The summed E-state index contributed by atoms with van der Waals surface area (Å²) < 4.78 is 4.34. The van der Waals surface area contributed by atoms with Crippen LogP contribution in [0, 0.1) is 0 Å². The van der Waals surface area contributed by atoms with Crippen molar-refractivity contribution in [2.45, 2.75) is 79.1 Å². The quantitative estimate of drug-likeness (QED) is 0.181. The highest BCUT2D eigenvalue weighted by molar-refractivity contribution is 6.05. The van der Waals surface area contributed by atoms with E-state index < -0.39 is 0 Å². The molecule has 7 aromatic rings. The molecule has 4 nitrogen and oxygen atoms in total. The third kappa shape index (κ3) is 5.15. The summed E-state index contributed by atoms with van der Waals surface area (Å²) in [5.41, 5.74) is 9.80. The molecular weight excluding hydrogens is 588 g/mol. The molecule has 2 heterocycles. The van der Waals surface area contributed by atoms with Gasteiger partial charge in [-0.25, -0.2) is 0 Å². The van der Waals surface area contributed by atoms with Crippen molar-refractivity contribution in [3.8, 4) is 11.4 Å². The molecule has 0 N–H and O–H groups in total. The lowest BCUT2D eigenvalue weighted by Gasteiger charge is -2.22. The number of pyridine rings is 2. The molecule has 0 unspecified atom stereocenters. The van der Waals surface area contributed by atoms with Crippen molar-refractivity contribution >= 4 is 43.6 Å². The van der Waals surface area contributed by atoms with Gasteiger partial charge in [-0.05, 0) is 107 Å². The number of benzene rings is 5. The fraction of sp³-hybridized carbons (Fsp3) is 0.273. The maximum atomic E-state index is 14.5. The Morgan fingerprint density at radius 2 is 0.771 bits per heavy atom. The first-order valence-electron chi connectivity index (χ1n) is 17.1. The largest absolute Gasteiger partial charge is 0.309 e. The van der Waals surface area contributed by atoms with Gasteiger partial charge in [0.05, 0.1) is 22.1 Å². The highest BCUT2D eigenvalue weighted by atomic mass is 16.1. The second kappa shape index (κ2) is 11.3. The molecule has 0 aliphatic carbocycles. The lowest BCUT2D eigenvalue weighted by molar-refractivity contribution is 0.590. The van der Waals surface area contributed by atoms with E-state index in [1.54, 1.807) is 0 Å². The van der Waals surface area contributed by atoms with Gasteiger partial charge in [-0.2, -0.15) is 0 Å². The summed E-state index contributed by atoms with van der Waals surface area (Å²) in [4.78, 5) is 28.9. The molecule has 0 saturated heterocycles. The lowest BCUT2D eigenvalue weighted by atomic mass is 9.87. The predicted molar refractivity (Wildman–Crippen MR) is 204 cm³/mol. The Hall–Kier alpha value is -4.96. The molecule has 0 spiro atoms. The van der Waals surface area contributed by atoms with Crippen LogP contribution in [0.1, 0.15) is 77.6 Å². The van der Waals surface area contributed by atoms with Crippen LogP contribution in [0.15, 0.2) is 107 Å². The van der Waals surface area contributed by atoms with Crippen molar-refractivity contribution in [3.05, 3.63) is 140 Å². The average Bonchev–Trinajstić information content (AvgIpc) is 3.07. The SMILES string of the molecule is CCc1ccc2c(=O)c3cc4c(cc3n(-c3ccc(C(C)(C)C)cc3)c2c1)c(=O)c1ccc(CC)cc1n4-c1ccc(C(C)(C)C)cc1. The molecular formula is C44H44N2O2. The number of hydrogen-bond donors (Lipinski definition) is 0. The highest BCUT2D eigenvalue weighted by Gasteiger charge is 2.21. The van der Waals surface area contributed by atoms with Gasteiger partial charge >= 0.3 is 0 Å². The number of nitrogens with zero attached hydrogens (tertiary/aromatic N) is 2. The average molecular weight is 633 g/mol. The summed E-state index contributed by atoms with van der Waals surface area (Å²) in [5, 5.41) is 2.50. The van der Waals surface area contributed by atoms with Gasteiger partial charge in [0.15, 0.2) is 10.9 Å². The Morgan fingerprint density at radius 3 is 1.08 bits per heavy atom. The van der Waals surface area contributed by atoms with E-state index in [2.05, 4.69) is 137 Å². The maximum absolute atomic E-state index is 14.5. The fourth-order valence-corrected chi connectivity index (χ4v) is 6.99. The smallest absolute Gasteiger partial charge is 0.197 e. The van der Waals surface area contributed by atoms with Gasteiger partial charge < -0.3 is 9.13 Å². The van der Waals surface area contributed by atoms with Crippen molar-refractivity contribution in [2.75, 3.05) is 0 Å². The number of rotatable bonds is 4. The van der Waals surface area contributed by atoms with Crippen LogP contribution in [-0.4, -0.2) is 9.13 Å². The molecule has 0 atom stereocenters. The van der Waals surface area contributed by atoms with E-state index in [0.29, 0.717) is 21.5 Å². The first-order chi connectivity index (χ1) is 22.8. The summed E-state index contributed by atoms with van der Waals surface area (Å²) in [6.07, 6.45) is 1.71. The molecule has 48 heavy (non-hydrogen) atoms. The zero-order chi connectivity index (χ0) is 34.1. The van der Waals surface area contributed by atoms with E-state index >= 15 is 0 Å². The van der Waals surface area contributed by atoms with E-state index in [0.717, 1.165) is 57.4 Å². The summed E-state index contributed by atoms with van der Waals surface area (Å²) in [6.45, 7) is 17.5. The fourth-order valence-electron chi connectivity index (χ4n) is 6.99. The minimum Gasteiger partial charge on any atom is -0.309 e. The van der Waals surface area contributed by atoms with Gasteiger partial charge in [-0.15, -0.1) is 0 Å². The highest BCUT2D eigenvalue weighted by Crippen LogP contribution is 2.33. The number of aryl methyl sites for hydroxylation is 2. The van der Waals surface area contributed by atoms with Gasteiger partial charge in [-0.1, -0.05) is 91.8 Å². The Labute approximate surface area is 282 Å². The summed E-state index contributed by atoms with van der Waals surface area (Å²) in [7, 11) is 0. The normalized spacial score (nSPS) is 12.5. The molecule has 0 fully saturated rings. The zero-order valence-corrected chi connectivity index (χ0v) is 29.4. The van der Waals surface area contributed by atoms with Crippen molar-refractivity contribution in [1.82, 2.24) is 9.13 Å². The Balaban J connectivity index is 1.65. The van der Waals surface area contributed by atoms with Gasteiger partial charge in [0.2, 0.25) is 0 Å². The van der Waals surface area contributed by atoms with Gasteiger partial charge in [0.1, 0.15) is 0 Å². The van der Waals surface area contributed by atoms with Crippen LogP contribution in [0.3, 0.4) is 0 Å². The predicted octanol–water partition coefficient (Wildman–Crippen LogP) is 10.3. The van der Waals surface area contributed by atoms with Crippen molar-refractivity contribution in [1.29, 1.82) is 0 Å². The van der Waals surface area contributed by atoms with Crippen LogP contribution in [0.4, 0.5) is 0 Å². The molecule has 0 aliphatic rings. The Morgan fingerprint density at radius 1 is 0.438 bits per heavy atom. The molecule has 242 valence electrons. The standard InChI is InChI=1S/C44H44N2O2/c1-9-27-11-21-33-37(23-27)45(31-17-13-29(14-18-31)43(3,4)5)39-25-36-40(26-35(39)41(33)47)46(32-19-15-30(16-20-32)44(6,7)8)38-24-28(10-2)12-22-34(38)42(36)48/h11-26H,9-10H2,1-8H3. The summed E-state index contributed by atoms with van der Waals surface area (Å²) >= 11 is 0. The van der Waals surface area contributed by atoms with E-state index in [4.69, 9.17) is 0 Å². The Kier molecular flexibility index (Phi) is 7.47. The minimum absolute atomic E-state index is 0.00660. The lowest BCUT2D eigenvalue weighted by Crippen LogP contribution is -2.15. The van der Waals surface area contributed by atoms with Crippen LogP contribution >= 0.6 is 0 Å². The van der Waals surface area contributed by atoms with Crippen molar-refractivity contribution in [2.24, 2.45) is 0 Å². The molecule has 4 heteroatoms. The van der Waals surface area contributed by atoms with Crippen LogP contribution < -0.4 is 10.9 Å². The molecule has 0 saturated carbocycles. The first kappa shape index (κ1) is 31.6. The minimum atomic E-state index is -0.0309. The van der Waals surface area contributed by atoms with Gasteiger partial charge in [0, 0.05) is 32.9 Å². The maximum Gasteiger partial charge on any atom is 0.197 e. The second-order valence-electron chi connectivity index (χ2n) is 15.2. The topological polar surface area (TPSA) is 44.0 Å². The molecule has 0 amide bonds. The summed E-state index contributed by atoms with van der Waals surface area (Å²) in [5.74, 6) is 0. The van der Waals surface area contributed by atoms with Crippen LogP contribution in [0.5, 0.6) is 0 Å². The molecule has 7 rings (SSSR count). The van der Waals surface area contributed by atoms with Crippen LogP contribution in [0.2, 0.25) is 0 Å². The number of hydrogen-bond acceptors (Lipinski definition) is 2. The van der Waals surface area contributed by atoms with E-state index in [9.17, 15) is 9.59 Å². The molecule has 5 aromatic carbocycles. The molecule has 2 aromatic heterocycles. The second-order valence-corrected chi connectivity index (χ2v) is 15.2. The van der Waals surface area contributed by atoms with Gasteiger partial charge in [-0.3, -0.25) is 9.59 Å². The van der Waals surface area contributed by atoms with Crippen LogP contribution in [0.25, 0.3) is 55.0 Å². The van der Waals surface area contributed by atoms with E-state index in [-0.39, 0.29) is 21.7 Å². The third-order valence-corrected chi connectivity index (χ3v) is 9.98. The van der Waals surface area contributed by atoms with E-state index in [1.165, 1.54) is 11.1 Å². The van der Waals surface area contributed by atoms with Crippen LogP contribution in [-0.2, 0) is 23.7 Å². The molecule has 0 radical (unpaired) electrons. The zero-order valence-electron chi connectivity index (χ0n) is 29.4. The first-order valence-corrected chi connectivity index (χ1v) is 17.1. The monoisotopic (exact) mass is 632 g/mol. The van der Waals surface area contributed by atoms with Gasteiger partial charge in [0.25, 0.3) is 0 Å². The van der Waals surface area contributed by atoms with Crippen molar-refractivity contribution < 1.29 is 0 Å². The summed E-state index contributed by atoms with van der Waals surface area (Å²) in [6, 6.07) is 33.4. The molecule has 0 aliphatic heterocycles.